The van der Waals surface area contributed by atoms with Crippen LogP contribution in [-0.2, 0) is 0 Å². The first kappa shape index (κ1) is 14.2. The van der Waals surface area contributed by atoms with Gasteiger partial charge in [-0.05, 0) is 35.0 Å². The van der Waals surface area contributed by atoms with Crippen molar-refractivity contribution in [2.45, 2.75) is 25.1 Å². The molecule has 2 rings (SSSR count). The van der Waals surface area contributed by atoms with E-state index in [0.29, 0.717) is 16.3 Å². The first-order valence-corrected chi connectivity index (χ1v) is 8.24. The monoisotopic (exact) mass is 344 g/mol. The van der Waals surface area contributed by atoms with E-state index >= 15 is 0 Å². The topological polar surface area (TPSA) is 29.3 Å². The van der Waals surface area contributed by atoms with Crippen molar-refractivity contribution in [2.75, 3.05) is 17.2 Å². The Morgan fingerprint density at radius 1 is 1.50 bits per heavy atom. The zero-order valence-electron chi connectivity index (χ0n) is 10.5. The molecule has 2 atom stereocenters. The zero-order chi connectivity index (χ0) is 13.3. The molecule has 0 amide bonds. The lowest BCUT2D eigenvalue weighted by molar-refractivity contribution is 0.627. The molecule has 1 aromatic rings. The Hall–Kier alpha value is -0.260. The Kier molecular flexibility index (Phi) is 4.56. The van der Waals surface area contributed by atoms with Crippen molar-refractivity contribution in [1.29, 1.82) is 0 Å². The molecule has 0 saturated carbocycles. The number of hydrogen-bond donors (Lipinski definition) is 1. The average Bonchev–Trinajstić information content (AvgIpc) is 2.32. The Morgan fingerprint density at radius 2 is 2.22 bits per heavy atom. The Labute approximate surface area is 126 Å². The first-order valence-electron chi connectivity index (χ1n) is 5.99. The van der Waals surface area contributed by atoms with Gasteiger partial charge >= 0.3 is 0 Å². The maximum absolute atomic E-state index is 5.87. The third kappa shape index (κ3) is 2.68. The second-order valence-corrected chi connectivity index (χ2v) is 7.29. The van der Waals surface area contributed by atoms with Crippen LogP contribution in [-0.4, -0.2) is 28.6 Å². The van der Waals surface area contributed by atoms with Crippen LogP contribution in [0.15, 0.2) is 22.7 Å². The minimum atomic E-state index is 0.454. The molecule has 2 nitrogen and oxygen atoms in total. The van der Waals surface area contributed by atoms with Gasteiger partial charge in [-0.15, -0.1) is 0 Å². The lowest BCUT2D eigenvalue weighted by atomic mass is 10.1. The van der Waals surface area contributed by atoms with E-state index in [9.17, 15) is 0 Å². The lowest BCUT2D eigenvalue weighted by Crippen LogP contribution is -2.45. The molecule has 1 saturated heterocycles. The van der Waals surface area contributed by atoms with Gasteiger partial charge in [0.1, 0.15) is 4.99 Å². The molecule has 1 aromatic carbocycles. The van der Waals surface area contributed by atoms with E-state index in [-0.39, 0.29) is 0 Å². The van der Waals surface area contributed by atoms with Crippen LogP contribution in [0.5, 0.6) is 0 Å². The van der Waals surface area contributed by atoms with E-state index in [1.807, 2.05) is 23.9 Å². The quantitative estimate of drug-likeness (QED) is 0.832. The van der Waals surface area contributed by atoms with Crippen LogP contribution in [0.3, 0.4) is 0 Å². The van der Waals surface area contributed by atoms with Gasteiger partial charge in [-0.3, -0.25) is 0 Å². The summed E-state index contributed by atoms with van der Waals surface area (Å²) >= 11 is 10.8. The van der Waals surface area contributed by atoms with Gasteiger partial charge in [0.15, 0.2) is 0 Å². The summed E-state index contributed by atoms with van der Waals surface area (Å²) in [5.74, 6) is 1.15. The first-order chi connectivity index (χ1) is 8.52. The summed E-state index contributed by atoms with van der Waals surface area (Å²) in [6.07, 6.45) is 0. The van der Waals surface area contributed by atoms with Crippen LogP contribution in [0.4, 0.5) is 5.69 Å². The minimum absolute atomic E-state index is 0.454. The number of hydrogen-bond acceptors (Lipinski definition) is 3. The molecule has 0 bridgehead atoms. The number of rotatable bonds is 2. The third-order valence-corrected chi connectivity index (χ3v) is 5.63. The van der Waals surface area contributed by atoms with Gasteiger partial charge in [0.05, 0.1) is 0 Å². The smallest absolute Gasteiger partial charge is 0.107 e. The molecule has 2 N–H and O–H groups in total. The predicted octanol–water partition coefficient (Wildman–Crippen LogP) is 3.41. The highest BCUT2D eigenvalue weighted by Gasteiger charge is 2.27. The van der Waals surface area contributed by atoms with Crippen molar-refractivity contribution in [3.05, 3.63) is 28.2 Å². The summed E-state index contributed by atoms with van der Waals surface area (Å²) in [5.41, 5.74) is 7.98. The highest BCUT2D eigenvalue weighted by atomic mass is 79.9. The van der Waals surface area contributed by atoms with E-state index in [2.05, 4.69) is 40.7 Å². The third-order valence-electron chi connectivity index (χ3n) is 3.43. The van der Waals surface area contributed by atoms with Gasteiger partial charge < -0.3 is 10.6 Å². The molecule has 0 aliphatic carbocycles. The molecule has 0 radical (unpaired) electrons. The number of anilines is 1. The minimum Gasteiger partial charge on any atom is -0.389 e. The maximum atomic E-state index is 5.87. The van der Waals surface area contributed by atoms with Gasteiger partial charge in [-0.25, -0.2) is 0 Å². The van der Waals surface area contributed by atoms with Crippen molar-refractivity contribution in [3.63, 3.8) is 0 Å². The van der Waals surface area contributed by atoms with E-state index in [0.717, 1.165) is 28.0 Å². The Balaban J connectivity index is 2.44. The molecule has 0 spiro atoms. The van der Waals surface area contributed by atoms with Crippen molar-refractivity contribution >= 4 is 50.6 Å². The summed E-state index contributed by atoms with van der Waals surface area (Å²) in [5, 5.41) is 0.622. The van der Waals surface area contributed by atoms with Crippen molar-refractivity contribution in [1.82, 2.24) is 0 Å². The van der Waals surface area contributed by atoms with E-state index in [1.165, 1.54) is 0 Å². The van der Waals surface area contributed by atoms with Gasteiger partial charge in [0.2, 0.25) is 0 Å². The fourth-order valence-corrected chi connectivity index (χ4v) is 4.28. The Bertz CT molecular complexity index is 464. The number of nitrogens with two attached hydrogens (primary N) is 1. The van der Waals surface area contributed by atoms with Crippen molar-refractivity contribution < 1.29 is 0 Å². The summed E-state index contributed by atoms with van der Waals surface area (Å²) in [6.45, 7) is 5.59. The van der Waals surface area contributed by atoms with E-state index in [4.69, 9.17) is 18.0 Å². The molecular formula is C13H17BrN2S2. The number of benzene rings is 1. The highest BCUT2D eigenvalue weighted by Crippen LogP contribution is 2.34. The predicted molar refractivity (Wildman–Crippen MR) is 88.8 cm³/mol. The molecular weight excluding hydrogens is 328 g/mol. The number of halogens is 1. The van der Waals surface area contributed by atoms with E-state index in [1.54, 1.807) is 0 Å². The normalized spacial score (nSPS) is 24.1. The van der Waals surface area contributed by atoms with Crippen molar-refractivity contribution in [2.24, 2.45) is 5.73 Å². The van der Waals surface area contributed by atoms with Crippen molar-refractivity contribution in [3.8, 4) is 0 Å². The van der Waals surface area contributed by atoms with E-state index < -0.39 is 0 Å². The van der Waals surface area contributed by atoms with Gasteiger partial charge in [0.25, 0.3) is 0 Å². The molecule has 0 aromatic heterocycles. The zero-order valence-corrected chi connectivity index (χ0v) is 13.7. The molecule has 2 unspecified atom stereocenters. The molecule has 18 heavy (non-hydrogen) atoms. The molecule has 98 valence electrons. The maximum Gasteiger partial charge on any atom is 0.107 e. The number of nitrogens with zero attached hydrogens (tertiary/aromatic N) is 1. The molecule has 5 heteroatoms. The summed E-state index contributed by atoms with van der Waals surface area (Å²) in [7, 11) is 0. The molecule has 1 aliphatic rings. The lowest BCUT2D eigenvalue weighted by Gasteiger charge is -2.40. The van der Waals surface area contributed by atoms with Gasteiger partial charge in [-0.1, -0.05) is 25.2 Å². The van der Waals surface area contributed by atoms with Gasteiger partial charge in [-0.2, -0.15) is 11.8 Å². The van der Waals surface area contributed by atoms with Crippen LogP contribution >= 0.6 is 39.9 Å². The van der Waals surface area contributed by atoms with Gasteiger partial charge in [0, 0.05) is 39.3 Å². The second kappa shape index (κ2) is 5.80. The summed E-state index contributed by atoms with van der Waals surface area (Å²) < 4.78 is 0.977. The average molecular weight is 345 g/mol. The highest BCUT2D eigenvalue weighted by molar-refractivity contribution is 9.10. The van der Waals surface area contributed by atoms with Crippen LogP contribution in [0.25, 0.3) is 0 Å². The van der Waals surface area contributed by atoms with Crippen LogP contribution in [0.1, 0.15) is 19.4 Å². The molecule has 1 aliphatic heterocycles. The number of thiocarbonyl (C=S) groups is 1. The second-order valence-electron chi connectivity index (χ2n) is 4.51. The standard InChI is InChI=1S/C13H17BrN2S2/c1-8-9(2)18-7-6-16(8)11-5-3-4-10(14)12(11)13(15)17/h3-5,8-9H,6-7H2,1-2H3,(H2,15,17). The van der Waals surface area contributed by atoms with Crippen LogP contribution < -0.4 is 10.6 Å². The molecule has 1 heterocycles. The SMILES string of the molecule is CC1SCCN(c2cccc(Br)c2C(N)=S)C1C. The fraction of sp³-hybridized carbons (Fsp3) is 0.462. The van der Waals surface area contributed by atoms with Crippen LogP contribution in [0.2, 0.25) is 0 Å². The molecule has 1 fully saturated rings. The largest absolute Gasteiger partial charge is 0.389 e. The van der Waals surface area contributed by atoms with Crippen LogP contribution in [0, 0.1) is 0 Å². The Morgan fingerprint density at radius 3 is 2.89 bits per heavy atom. The number of thioether (sulfide) groups is 1. The summed E-state index contributed by atoms with van der Waals surface area (Å²) in [4.78, 5) is 2.87. The fourth-order valence-electron chi connectivity index (χ4n) is 2.27. The summed E-state index contributed by atoms with van der Waals surface area (Å²) in [6, 6.07) is 6.63.